The summed E-state index contributed by atoms with van der Waals surface area (Å²) in [5, 5.41) is 5.93. The van der Waals surface area contributed by atoms with Crippen LogP contribution in [0.1, 0.15) is 5.56 Å². The van der Waals surface area contributed by atoms with Gasteiger partial charge in [-0.25, -0.2) is 4.98 Å². The lowest BCUT2D eigenvalue weighted by Gasteiger charge is -2.11. The average molecular weight is 357 g/mol. The zero-order valence-corrected chi connectivity index (χ0v) is 14.8. The lowest BCUT2D eigenvalue weighted by Crippen LogP contribution is -2.29. The number of halogens is 2. The van der Waals surface area contributed by atoms with Crippen LogP contribution in [0.4, 0.5) is 11.5 Å². The molecule has 1 aromatic carbocycles. The molecule has 0 spiro atoms. The van der Waals surface area contributed by atoms with E-state index in [9.17, 15) is 4.79 Å². The van der Waals surface area contributed by atoms with Gasteiger partial charge in [-0.2, -0.15) is 0 Å². The minimum atomic E-state index is -0.0458. The molecule has 2 rings (SSSR count). The maximum Gasteiger partial charge on any atom is 0.239 e. The van der Waals surface area contributed by atoms with E-state index < -0.39 is 0 Å². The Balaban J connectivity index is 0.00000242. The first kappa shape index (κ1) is 21.0. The van der Waals surface area contributed by atoms with Crippen molar-refractivity contribution < 1.29 is 4.79 Å². The summed E-state index contributed by atoms with van der Waals surface area (Å²) in [5.41, 5.74) is 1.92. The molecule has 0 aliphatic rings. The van der Waals surface area contributed by atoms with Gasteiger partial charge in [-0.1, -0.05) is 24.3 Å². The van der Waals surface area contributed by atoms with Crippen molar-refractivity contribution in [1.82, 2.24) is 10.3 Å². The summed E-state index contributed by atoms with van der Waals surface area (Å²) in [6.07, 6.45) is 1.78. The third-order valence-electron chi connectivity index (χ3n) is 2.98. The fraction of sp³-hybridized carbons (Fsp3) is 0.250. The van der Waals surface area contributed by atoms with E-state index in [1.54, 1.807) is 6.20 Å². The number of carbonyl (C=O) groups is 1. The Labute approximate surface area is 149 Å². The van der Waals surface area contributed by atoms with Gasteiger partial charge in [0.05, 0.1) is 6.54 Å². The molecule has 0 saturated carbocycles. The van der Waals surface area contributed by atoms with Crippen LogP contribution in [0.3, 0.4) is 0 Å². The lowest BCUT2D eigenvalue weighted by atomic mass is 10.2. The number of anilines is 2. The molecular weight excluding hydrogens is 335 g/mol. The van der Waals surface area contributed by atoms with Gasteiger partial charge in [-0.3, -0.25) is 4.79 Å². The Hall–Kier alpha value is -1.98. The number of pyridine rings is 1. The molecule has 7 heteroatoms. The first-order valence-electron chi connectivity index (χ1n) is 6.83. The van der Waals surface area contributed by atoms with Crippen molar-refractivity contribution in [2.24, 2.45) is 0 Å². The van der Waals surface area contributed by atoms with Crippen molar-refractivity contribution in [2.75, 3.05) is 30.9 Å². The van der Waals surface area contributed by atoms with Gasteiger partial charge in [-0.15, -0.1) is 24.8 Å². The zero-order chi connectivity index (χ0) is 15.1. The van der Waals surface area contributed by atoms with Gasteiger partial charge in [-0.05, 0) is 23.8 Å². The number of nitrogens with one attached hydrogen (secondary N) is 2. The second kappa shape index (κ2) is 10.7. The molecule has 23 heavy (non-hydrogen) atoms. The topological polar surface area (TPSA) is 57.3 Å². The van der Waals surface area contributed by atoms with Crippen molar-refractivity contribution in [3.8, 4) is 0 Å². The Morgan fingerprint density at radius 3 is 2.35 bits per heavy atom. The van der Waals surface area contributed by atoms with Gasteiger partial charge in [0.2, 0.25) is 5.91 Å². The highest BCUT2D eigenvalue weighted by Gasteiger charge is 2.02. The second-order valence-corrected chi connectivity index (χ2v) is 4.92. The number of rotatable bonds is 6. The van der Waals surface area contributed by atoms with E-state index in [4.69, 9.17) is 0 Å². The highest BCUT2D eigenvalue weighted by molar-refractivity contribution is 5.85. The summed E-state index contributed by atoms with van der Waals surface area (Å²) in [5.74, 6) is 0.853. The Morgan fingerprint density at radius 1 is 1.09 bits per heavy atom. The third-order valence-corrected chi connectivity index (χ3v) is 2.98. The van der Waals surface area contributed by atoms with Crippen LogP contribution in [0.15, 0.2) is 48.7 Å². The molecule has 0 saturated heterocycles. The van der Waals surface area contributed by atoms with E-state index in [2.05, 4.69) is 15.6 Å². The summed E-state index contributed by atoms with van der Waals surface area (Å²) in [6, 6.07) is 13.6. The number of hydrogen-bond acceptors (Lipinski definition) is 4. The van der Waals surface area contributed by atoms with Crippen LogP contribution in [-0.2, 0) is 11.3 Å². The Bertz CT molecular complexity index is 576. The monoisotopic (exact) mass is 356 g/mol. The van der Waals surface area contributed by atoms with Crippen LogP contribution in [-0.4, -0.2) is 31.5 Å². The maximum absolute atomic E-state index is 11.8. The van der Waals surface area contributed by atoms with Gasteiger partial charge < -0.3 is 15.5 Å². The number of para-hydroxylation sites is 1. The molecule has 0 fully saturated rings. The summed E-state index contributed by atoms with van der Waals surface area (Å²) >= 11 is 0. The number of hydrogen-bond donors (Lipinski definition) is 2. The molecule has 0 aliphatic carbocycles. The molecule has 5 nitrogen and oxygen atoms in total. The molecule has 0 atom stereocenters. The minimum Gasteiger partial charge on any atom is -0.376 e. The zero-order valence-electron chi connectivity index (χ0n) is 13.2. The smallest absolute Gasteiger partial charge is 0.239 e. The first-order chi connectivity index (χ1) is 10.1. The van der Waals surface area contributed by atoms with Crippen LogP contribution in [0, 0.1) is 0 Å². The van der Waals surface area contributed by atoms with Crippen LogP contribution < -0.4 is 15.5 Å². The second-order valence-electron chi connectivity index (χ2n) is 4.92. The molecular formula is C16H22Cl2N4O. The summed E-state index contributed by atoms with van der Waals surface area (Å²) in [6.45, 7) is 0.739. The Morgan fingerprint density at radius 2 is 1.78 bits per heavy atom. The third kappa shape index (κ3) is 7.21. The molecule has 1 aromatic heterocycles. The number of benzene rings is 1. The molecule has 126 valence electrons. The number of aromatic nitrogens is 1. The average Bonchev–Trinajstić information content (AvgIpc) is 2.52. The normalized spacial score (nSPS) is 9.13. The van der Waals surface area contributed by atoms with E-state index in [1.807, 2.05) is 61.5 Å². The molecule has 2 aromatic rings. The van der Waals surface area contributed by atoms with Gasteiger partial charge in [0, 0.05) is 32.5 Å². The lowest BCUT2D eigenvalue weighted by molar-refractivity contribution is -0.119. The molecule has 0 bridgehead atoms. The van der Waals surface area contributed by atoms with E-state index in [1.165, 1.54) is 0 Å². The van der Waals surface area contributed by atoms with E-state index >= 15 is 0 Å². The number of nitrogens with zero attached hydrogens (tertiary/aromatic N) is 2. The summed E-state index contributed by atoms with van der Waals surface area (Å²) in [7, 11) is 3.89. The summed E-state index contributed by atoms with van der Waals surface area (Å²) in [4.78, 5) is 18.0. The SMILES string of the molecule is CN(C)c1ccc(CNC(=O)CNc2ccccc2)cn1.Cl.Cl. The Kier molecular flexibility index (Phi) is 9.78. The minimum absolute atomic E-state index is 0. The fourth-order valence-corrected chi connectivity index (χ4v) is 1.79. The molecule has 1 amide bonds. The van der Waals surface area contributed by atoms with Gasteiger partial charge in [0.1, 0.15) is 5.82 Å². The van der Waals surface area contributed by atoms with Crippen LogP contribution >= 0.6 is 24.8 Å². The molecule has 2 N–H and O–H groups in total. The highest BCUT2D eigenvalue weighted by Crippen LogP contribution is 2.07. The summed E-state index contributed by atoms with van der Waals surface area (Å²) < 4.78 is 0. The van der Waals surface area contributed by atoms with Crippen molar-refractivity contribution in [2.45, 2.75) is 6.54 Å². The largest absolute Gasteiger partial charge is 0.376 e. The first-order valence-corrected chi connectivity index (χ1v) is 6.83. The predicted octanol–water partition coefficient (Wildman–Crippen LogP) is 2.72. The molecule has 0 radical (unpaired) electrons. The van der Waals surface area contributed by atoms with Crippen molar-refractivity contribution in [3.63, 3.8) is 0 Å². The van der Waals surface area contributed by atoms with Gasteiger partial charge in [0.15, 0.2) is 0 Å². The van der Waals surface area contributed by atoms with Crippen LogP contribution in [0.2, 0.25) is 0 Å². The van der Waals surface area contributed by atoms with Crippen molar-refractivity contribution in [1.29, 1.82) is 0 Å². The number of amides is 1. The maximum atomic E-state index is 11.8. The van der Waals surface area contributed by atoms with Crippen molar-refractivity contribution in [3.05, 3.63) is 54.2 Å². The standard InChI is InChI=1S/C16H20N4O.2ClH/c1-20(2)15-9-8-13(10-18-15)11-19-16(21)12-17-14-6-4-3-5-7-14;;/h3-10,17H,11-12H2,1-2H3,(H,19,21);2*1H. The van der Waals surface area contributed by atoms with Gasteiger partial charge >= 0.3 is 0 Å². The van der Waals surface area contributed by atoms with E-state index in [0.717, 1.165) is 17.1 Å². The van der Waals surface area contributed by atoms with Crippen LogP contribution in [0.5, 0.6) is 0 Å². The van der Waals surface area contributed by atoms with Crippen LogP contribution in [0.25, 0.3) is 0 Å². The van der Waals surface area contributed by atoms with Gasteiger partial charge in [0.25, 0.3) is 0 Å². The molecule has 0 unspecified atom stereocenters. The number of carbonyl (C=O) groups excluding carboxylic acids is 1. The fourth-order valence-electron chi connectivity index (χ4n) is 1.79. The highest BCUT2D eigenvalue weighted by atomic mass is 35.5. The van der Waals surface area contributed by atoms with E-state index in [-0.39, 0.29) is 37.3 Å². The quantitative estimate of drug-likeness (QED) is 0.835. The van der Waals surface area contributed by atoms with Crippen molar-refractivity contribution >= 4 is 42.2 Å². The predicted molar refractivity (Wildman–Crippen MR) is 99.8 cm³/mol. The van der Waals surface area contributed by atoms with E-state index in [0.29, 0.717) is 6.54 Å². The molecule has 0 aliphatic heterocycles. The molecule has 1 heterocycles.